The van der Waals surface area contributed by atoms with Crippen molar-refractivity contribution in [3.63, 3.8) is 0 Å². The number of aryl methyl sites for hydroxylation is 1. The normalized spacial score (nSPS) is 10.5. The molecule has 3 heteroatoms. The van der Waals surface area contributed by atoms with Crippen LogP contribution in [0.15, 0.2) is 24.3 Å². The predicted octanol–water partition coefficient (Wildman–Crippen LogP) is 3.95. The molecule has 0 atom stereocenters. The summed E-state index contributed by atoms with van der Waals surface area (Å²) in [6, 6.07) is 7.72. The van der Waals surface area contributed by atoms with Crippen molar-refractivity contribution in [2.75, 3.05) is 0 Å². The fourth-order valence-corrected chi connectivity index (χ4v) is 2.36. The molecule has 2 rings (SSSR count). The van der Waals surface area contributed by atoms with Crippen molar-refractivity contribution in [3.05, 3.63) is 46.8 Å². The maximum absolute atomic E-state index is 6.07. The number of nitrogens with zero attached hydrogens (tertiary/aromatic N) is 1. The van der Waals surface area contributed by atoms with Gasteiger partial charge in [-0.25, -0.2) is 4.98 Å². The van der Waals surface area contributed by atoms with Gasteiger partial charge in [0.15, 0.2) is 0 Å². The molecule has 0 N–H and O–H groups in total. The number of benzene rings is 1. The van der Waals surface area contributed by atoms with Crippen molar-refractivity contribution < 1.29 is 0 Å². The first kappa shape index (κ1) is 9.69. The molecule has 71 valence electrons. The van der Waals surface area contributed by atoms with Crippen LogP contribution in [0, 0.1) is 13.8 Å². The fraction of sp³-hybridized carbons (Fsp3) is 0.0909. The van der Waals surface area contributed by atoms with E-state index < -0.39 is 0 Å². The Morgan fingerprint density at radius 2 is 2.07 bits per heavy atom. The van der Waals surface area contributed by atoms with Crippen LogP contribution in [0.4, 0.5) is 0 Å². The third-order valence-electron chi connectivity index (χ3n) is 2.00. The van der Waals surface area contributed by atoms with Crippen molar-refractivity contribution in [1.29, 1.82) is 0 Å². The predicted molar refractivity (Wildman–Crippen MR) is 61.8 cm³/mol. The van der Waals surface area contributed by atoms with E-state index in [0.29, 0.717) is 0 Å². The smallest absolute Gasteiger partial charge is 0.125 e. The van der Waals surface area contributed by atoms with Gasteiger partial charge in [-0.05, 0) is 19.9 Å². The molecule has 0 saturated heterocycles. The van der Waals surface area contributed by atoms with E-state index in [1.54, 1.807) is 11.3 Å². The van der Waals surface area contributed by atoms with Gasteiger partial charge in [-0.3, -0.25) is 0 Å². The number of hydrogen-bond acceptors (Lipinski definition) is 2. The molecule has 1 aromatic carbocycles. The summed E-state index contributed by atoms with van der Waals surface area (Å²) < 4.78 is 0. The van der Waals surface area contributed by atoms with Gasteiger partial charge < -0.3 is 0 Å². The van der Waals surface area contributed by atoms with Crippen LogP contribution in [0.3, 0.4) is 0 Å². The largest absolute Gasteiger partial charge is 0.241 e. The van der Waals surface area contributed by atoms with Crippen molar-refractivity contribution in [3.8, 4) is 10.6 Å². The average molecular weight is 223 g/mol. The van der Waals surface area contributed by atoms with Crippen LogP contribution < -0.4 is 0 Å². The highest BCUT2D eigenvalue weighted by Gasteiger charge is 2.08. The maximum atomic E-state index is 6.07. The van der Waals surface area contributed by atoms with Gasteiger partial charge in [-0.2, -0.15) is 0 Å². The molecule has 0 bridgehead atoms. The van der Waals surface area contributed by atoms with E-state index in [4.69, 9.17) is 11.6 Å². The minimum Gasteiger partial charge on any atom is -0.241 e. The number of aromatic nitrogens is 1. The Kier molecular flexibility index (Phi) is 2.57. The summed E-state index contributed by atoms with van der Waals surface area (Å²) in [6.45, 7) is 5.87. The topological polar surface area (TPSA) is 12.9 Å². The minimum absolute atomic E-state index is 0.737. The van der Waals surface area contributed by atoms with Crippen LogP contribution in [0.2, 0.25) is 5.02 Å². The van der Waals surface area contributed by atoms with Gasteiger partial charge in [0.25, 0.3) is 0 Å². The van der Waals surface area contributed by atoms with Gasteiger partial charge in [0, 0.05) is 10.4 Å². The Morgan fingerprint density at radius 1 is 1.36 bits per heavy atom. The standard InChI is InChI=1S/C11H9ClNS/c1-7-8(2)14-11(13-7)9-5-3-4-6-10(9)12/h3-6H,2H2,1H3. The van der Waals surface area contributed by atoms with Crippen molar-refractivity contribution in [2.24, 2.45) is 0 Å². The van der Waals surface area contributed by atoms with Crippen LogP contribution in [-0.2, 0) is 0 Å². The second kappa shape index (κ2) is 3.71. The Balaban J connectivity index is 2.55. The van der Waals surface area contributed by atoms with Crippen LogP contribution in [0.5, 0.6) is 0 Å². The zero-order valence-corrected chi connectivity index (χ0v) is 9.32. The lowest BCUT2D eigenvalue weighted by molar-refractivity contribution is 1.25. The van der Waals surface area contributed by atoms with E-state index in [9.17, 15) is 0 Å². The molecule has 0 aliphatic rings. The van der Waals surface area contributed by atoms with Gasteiger partial charge in [0.1, 0.15) is 5.01 Å². The zero-order chi connectivity index (χ0) is 10.1. The lowest BCUT2D eigenvalue weighted by Crippen LogP contribution is -1.78. The van der Waals surface area contributed by atoms with Crippen LogP contribution in [-0.4, -0.2) is 4.98 Å². The SMILES string of the molecule is [CH2]c1sc(-c2ccccc2Cl)nc1C. The Hall–Kier alpha value is -0.860. The monoisotopic (exact) mass is 222 g/mol. The van der Waals surface area contributed by atoms with Gasteiger partial charge in [0.05, 0.1) is 10.7 Å². The van der Waals surface area contributed by atoms with E-state index >= 15 is 0 Å². The molecule has 0 amide bonds. The molecule has 0 fully saturated rings. The van der Waals surface area contributed by atoms with E-state index in [2.05, 4.69) is 11.9 Å². The van der Waals surface area contributed by atoms with Gasteiger partial charge in [-0.1, -0.05) is 29.8 Å². The maximum Gasteiger partial charge on any atom is 0.125 e. The highest BCUT2D eigenvalue weighted by Crippen LogP contribution is 2.31. The molecule has 0 unspecified atom stereocenters. The fourth-order valence-electron chi connectivity index (χ4n) is 1.18. The lowest BCUT2D eigenvalue weighted by atomic mass is 10.2. The molecule has 1 radical (unpaired) electrons. The van der Waals surface area contributed by atoms with Crippen molar-refractivity contribution in [2.45, 2.75) is 6.92 Å². The summed E-state index contributed by atoms with van der Waals surface area (Å²) >= 11 is 7.64. The third kappa shape index (κ3) is 1.68. The first-order valence-corrected chi connectivity index (χ1v) is 5.42. The van der Waals surface area contributed by atoms with E-state index in [1.165, 1.54) is 0 Å². The van der Waals surface area contributed by atoms with E-state index in [0.717, 1.165) is 26.2 Å². The number of thiazole rings is 1. The van der Waals surface area contributed by atoms with Gasteiger partial charge in [-0.15, -0.1) is 11.3 Å². The van der Waals surface area contributed by atoms with Crippen LogP contribution >= 0.6 is 22.9 Å². The summed E-state index contributed by atoms with van der Waals surface area (Å²) in [6.07, 6.45) is 0. The molecular formula is C11H9ClNS. The molecule has 0 spiro atoms. The van der Waals surface area contributed by atoms with E-state index in [-0.39, 0.29) is 0 Å². The molecule has 2 aromatic rings. The number of hydrogen-bond donors (Lipinski definition) is 0. The summed E-state index contributed by atoms with van der Waals surface area (Å²) in [7, 11) is 0. The zero-order valence-electron chi connectivity index (χ0n) is 7.75. The summed E-state index contributed by atoms with van der Waals surface area (Å²) in [4.78, 5) is 5.41. The third-order valence-corrected chi connectivity index (χ3v) is 3.37. The molecule has 0 saturated carbocycles. The minimum atomic E-state index is 0.737. The lowest BCUT2D eigenvalue weighted by Gasteiger charge is -1.97. The molecule has 0 aliphatic carbocycles. The molecule has 14 heavy (non-hydrogen) atoms. The summed E-state index contributed by atoms with van der Waals surface area (Å²) in [5.41, 5.74) is 1.96. The Bertz CT molecular complexity index is 443. The first-order valence-electron chi connectivity index (χ1n) is 4.23. The number of halogens is 1. The van der Waals surface area contributed by atoms with Crippen molar-refractivity contribution >= 4 is 22.9 Å². The second-order valence-corrected chi connectivity index (χ2v) is 4.50. The molecular weight excluding hydrogens is 214 g/mol. The molecule has 1 nitrogen and oxygen atoms in total. The van der Waals surface area contributed by atoms with E-state index in [1.807, 2.05) is 31.2 Å². The van der Waals surface area contributed by atoms with Crippen molar-refractivity contribution in [1.82, 2.24) is 4.98 Å². The van der Waals surface area contributed by atoms with Crippen LogP contribution in [0.25, 0.3) is 10.6 Å². The Morgan fingerprint density at radius 3 is 2.64 bits per heavy atom. The quantitative estimate of drug-likeness (QED) is 0.712. The second-order valence-electron chi connectivity index (χ2n) is 3.01. The molecule has 1 aromatic heterocycles. The Labute approximate surface area is 92.4 Å². The summed E-state index contributed by atoms with van der Waals surface area (Å²) in [5.74, 6) is 0. The number of rotatable bonds is 1. The van der Waals surface area contributed by atoms with Crippen LogP contribution in [0.1, 0.15) is 10.6 Å². The highest BCUT2D eigenvalue weighted by atomic mass is 35.5. The molecule has 1 heterocycles. The first-order chi connectivity index (χ1) is 6.68. The highest BCUT2D eigenvalue weighted by molar-refractivity contribution is 7.15. The summed E-state index contributed by atoms with van der Waals surface area (Å²) in [5, 5.41) is 1.68. The van der Waals surface area contributed by atoms with Gasteiger partial charge in [0.2, 0.25) is 0 Å². The molecule has 0 aliphatic heterocycles. The van der Waals surface area contributed by atoms with Gasteiger partial charge >= 0.3 is 0 Å². The average Bonchev–Trinajstić information content (AvgIpc) is 2.48.